The molecule has 226 valence electrons. The zero-order chi connectivity index (χ0) is 27.9. The Morgan fingerprint density at radius 1 is 0.474 bits per heavy atom. The van der Waals surface area contributed by atoms with Crippen LogP contribution in [-0.2, 0) is 14.3 Å². The van der Waals surface area contributed by atoms with Crippen LogP contribution < -0.4 is 0 Å². The van der Waals surface area contributed by atoms with Crippen molar-refractivity contribution in [3.63, 3.8) is 0 Å². The standard InChI is InChI=1S/C34H66O4/c1-3-5-7-9-11-13-15-17-19-21-24-28-32(29-25-23-26-30-33(35)36)38-34(37)31-27-22-20-18-16-14-12-10-8-6-4-2/h32H,3-31H2,1-2H3,(H,35,36). The minimum Gasteiger partial charge on any atom is -0.481 e. The first-order valence-electron chi connectivity index (χ1n) is 17.0. The van der Waals surface area contributed by atoms with Crippen molar-refractivity contribution in [1.82, 2.24) is 0 Å². The second kappa shape index (κ2) is 30.5. The molecule has 0 saturated carbocycles. The van der Waals surface area contributed by atoms with Gasteiger partial charge in [0, 0.05) is 12.8 Å². The molecule has 0 rings (SSSR count). The molecule has 0 bridgehead atoms. The van der Waals surface area contributed by atoms with Gasteiger partial charge < -0.3 is 9.84 Å². The summed E-state index contributed by atoms with van der Waals surface area (Å²) in [5, 5.41) is 8.84. The highest BCUT2D eigenvalue weighted by atomic mass is 16.5. The summed E-state index contributed by atoms with van der Waals surface area (Å²) < 4.78 is 5.91. The minimum atomic E-state index is -0.721. The van der Waals surface area contributed by atoms with Crippen molar-refractivity contribution in [2.45, 2.75) is 206 Å². The van der Waals surface area contributed by atoms with Crippen LogP contribution in [0.1, 0.15) is 200 Å². The van der Waals surface area contributed by atoms with Crippen molar-refractivity contribution in [3.8, 4) is 0 Å². The van der Waals surface area contributed by atoms with Crippen LogP contribution in [0.4, 0.5) is 0 Å². The summed E-state index contributed by atoms with van der Waals surface area (Å²) >= 11 is 0. The Labute approximate surface area is 237 Å². The summed E-state index contributed by atoms with van der Waals surface area (Å²) in [6.07, 6.45) is 33.9. The SMILES string of the molecule is CCCCCCCCCCCCCC(=O)OC(CCCCCCCCCCCCC)CCCCCC(=O)O. The van der Waals surface area contributed by atoms with Gasteiger partial charge in [0.2, 0.25) is 0 Å². The Balaban J connectivity index is 3.96. The van der Waals surface area contributed by atoms with Gasteiger partial charge in [0.1, 0.15) is 6.10 Å². The number of carboxylic acids is 1. The first kappa shape index (κ1) is 36.9. The third-order valence-corrected chi connectivity index (χ3v) is 7.83. The number of aliphatic carboxylic acids is 1. The quantitative estimate of drug-likeness (QED) is 0.0704. The van der Waals surface area contributed by atoms with Crippen LogP contribution in [0.5, 0.6) is 0 Å². The van der Waals surface area contributed by atoms with E-state index in [1.54, 1.807) is 0 Å². The van der Waals surface area contributed by atoms with Gasteiger partial charge in [-0.3, -0.25) is 9.59 Å². The molecule has 1 atom stereocenters. The Morgan fingerprint density at radius 3 is 1.18 bits per heavy atom. The number of unbranched alkanes of at least 4 members (excludes halogenated alkanes) is 22. The van der Waals surface area contributed by atoms with Gasteiger partial charge in [0.15, 0.2) is 0 Å². The summed E-state index contributed by atoms with van der Waals surface area (Å²) in [7, 11) is 0. The van der Waals surface area contributed by atoms with Crippen LogP contribution in [0.25, 0.3) is 0 Å². The molecular weight excluding hydrogens is 472 g/mol. The van der Waals surface area contributed by atoms with Crippen molar-refractivity contribution in [2.24, 2.45) is 0 Å². The van der Waals surface area contributed by atoms with Crippen LogP contribution in [-0.4, -0.2) is 23.1 Å². The molecule has 0 fully saturated rings. The highest BCUT2D eigenvalue weighted by Gasteiger charge is 2.14. The fourth-order valence-corrected chi connectivity index (χ4v) is 5.30. The van der Waals surface area contributed by atoms with Gasteiger partial charge in [-0.2, -0.15) is 0 Å². The fraction of sp³-hybridized carbons (Fsp3) is 0.941. The van der Waals surface area contributed by atoms with Gasteiger partial charge in [-0.1, -0.05) is 149 Å². The maximum absolute atomic E-state index is 12.5. The molecule has 1 unspecified atom stereocenters. The average molecular weight is 539 g/mol. The van der Waals surface area contributed by atoms with Gasteiger partial charge in [0.25, 0.3) is 0 Å². The molecule has 0 spiro atoms. The van der Waals surface area contributed by atoms with Crippen molar-refractivity contribution in [3.05, 3.63) is 0 Å². The molecule has 4 nitrogen and oxygen atoms in total. The number of carbonyl (C=O) groups is 2. The van der Waals surface area contributed by atoms with Crippen LogP contribution in [0.15, 0.2) is 0 Å². The maximum atomic E-state index is 12.5. The number of ether oxygens (including phenoxy) is 1. The predicted molar refractivity (Wildman–Crippen MR) is 163 cm³/mol. The normalized spacial score (nSPS) is 12.1. The molecular formula is C34H66O4. The molecule has 38 heavy (non-hydrogen) atoms. The van der Waals surface area contributed by atoms with E-state index < -0.39 is 5.97 Å². The summed E-state index contributed by atoms with van der Waals surface area (Å²) in [4.78, 5) is 23.2. The second-order valence-corrected chi connectivity index (χ2v) is 11.7. The molecule has 0 heterocycles. The zero-order valence-electron chi connectivity index (χ0n) is 25.8. The summed E-state index contributed by atoms with van der Waals surface area (Å²) in [5.74, 6) is -0.750. The third-order valence-electron chi connectivity index (χ3n) is 7.83. The van der Waals surface area contributed by atoms with E-state index in [4.69, 9.17) is 9.84 Å². The van der Waals surface area contributed by atoms with E-state index >= 15 is 0 Å². The van der Waals surface area contributed by atoms with Gasteiger partial charge in [-0.15, -0.1) is 0 Å². The molecule has 0 aliphatic rings. The zero-order valence-corrected chi connectivity index (χ0v) is 25.8. The molecule has 4 heteroatoms. The lowest BCUT2D eigenvalue weighted by Crippen LogP contribution is -2.18. The lowest BCUT2D eigenvalue weighted by Gasteiger charge is -2.18. The monoisotopic (exact) mass is 538 g/mol. The van der Waals surface area contributed by atoms with E-state index in [1.165, 1.54) is 122 Å². The van der Waals surface area contributed by atoms with Crippen LogP contribution in [0.3, 0.4) is 0 Å². The summed E-state index contributed by atoms with van der Waals surface area (Å²) in [5.41, 5.74) is 0. The fourth-order valence-electron chi connectivity index (χ4n) is 5.30. The van der Waals surface area contributed by atoms with E-state index in [0.29, 0.717) is 12.8 Å². The van der Waals surface area contributed by atoms with Crippen molar-refractivity contribution in [2.75, 3.05) is 0 Å². The first-order valence-corrected chi connectivity index (χ1v) is 17.0. The average Bonchev–Trinajstić information content (AvgIpc) is 2.89. The smallest absolute Gasteiger partial charge is 0.306 e. The molecule has 0 amide bonds. The summed E-state index contributed by atoms with van der Waals surface area (Å²) in [6.45, 7) is 4.53. The Morgan fingerprint density at radius 2 is 0.789 bits per heavy atom. The van der Waals surface area contributed by atoms with Crippen LogP contribution in [0.2, 0.25) is 0 Å². The molecule has 0 aromatic carbocycles. The number of carboxylic acid groups (broad SMARTS) is 1. The van der Waals surface area contributed by atoms with E-state index in [1.807, 2.05) is 0 Å². The number of hydrogen-bond donors (Lipinski definition) is 1. The highest BCUT2D eigenvalue weighted by Crippen LogP contribution is 2.19. The molecule has 0 radical (unpaired) electrons. The topological polar surface area (TPSA) is 63.6 Å². The Bertz CT molecular complexity index is 505. The van der Waals surface area contributed by atoms with E-state index in [9.17, 15) is 9.59 Å². The predicted octanol–water partition coefficient (Wildman–Crippen LogP) is 11.3. The van der Waals surface area contributed by atoms with Gasteiger partial charge in [-0.25, -0.2) is 0 Å². The molecule has 0 saturated heterocycles. The van der Waals surface area contributed by atoms with Gasteiger partial charge >= 0.3 is 11.9 Å². The van der Waals surface area contributed by atoms with Crippen molar-refractivity contribution >= 4 is 11.9 Å². The van der Waals surface area contributed by atoms with Crippen LogP contribution >= 0.6 is 0 Å². The molecule has 0 aromatic rings. The highest BCUT2D eigenvalue weighted by molar-refractivity contribution is 5.69. The summed E-state index contributed by atoms with van der Waals surface area (Å²) in [6, 6.07) is 0. The van der Waals surface area contributed by atoms with Crippen molar-refractivity contribution < 1.29 is 19.4 Å². The number of esters is 1. The third kappa shape index (κ3) is 29.5. The van der Waals surface area contributed by atoms with Gasteiger partial charge in [-0.05, 0) is 38.5 Å². The second-order valence-electron chi connectivity index (χ2n) is 11.7. The van der Waals surface area contributed by atoms with E-state index in [-0.39, 0.29) is 18.5 Å². The molecule has 0 aliphatic heterocycles. The molecule has 1 N–H and O–H groups in total. The molecule has 0 aromatic heterocycles. The largest absolute Gasteiger partial charge is 0.481 e. The van der Waals surface area contributed by atoms with Gasteiger partial charge in [0.05, 0.1) is 0 Å². The maximum Gasteiger partial charge on any atom is 0.306 e. The van der Waals surface area contributed by atoms with Crippen molar-refractivity contribution in [1.29, 1.82) is 0 Å². The number of carbonyl (C=O) groups excluding carboxylic acids is 1. The lowest BCUT2D eigenvalue weighted by molar-refractivity contribution is -0.150. The lowest BCUT2D eigenvalue weighted by atomic mass is 10.0. The molecule has 0 aliphatic carbocycles. The minimum absolute atomic E-state index is 0.0126. The number of rotatable bonds is 31. The van der Waals surface area contributed by atoms with E-state index in [0.717, 1.165) is 44.9 Å². The van der Waals surface area contributed by atoms with E-state index in [2.05, 4.69) is 13.8 Å². The first-order chi connectivity index (χ1) is 18.6. The number of hydrogen-bond acceptors (Lipinski definition) is 3. The Hall–Kier alpha value is -1.06. The van der Waals surface area contributed by atoms with Crippen LogP contribution in [0, 0.1) is 0 Å². The Kier molecular flexibility index (Phi) is 29.6.